The van der Waals surface area contributed by atoms with Crippen molar-refractivity contribution in [3.8, 4) is 0 Å². The minimum Gasteiger partial charge on any atom is -0.478 e. The van der Waals surface area contributed by atoms with Crippen molar-refractivity contribution < 1.29 is 24.2 Å². The lowest BCUT2D eigenvalue weighted by molar-refractivity contribution is -0.142. The van der Waals surface area contributed by atoms with E-state index >= 15 is 0 Å². The van der Waals surface area contributed by atoms with Gasteiger partial charge in [0.1, 0.15) is 6.61 Å². The first-order valence-electron chi connectivity index (χ1n) is 4.16. The van der Waals surface area contributed by atoms with Gasteiger partial charge in [-0.1, -0.05) is 6.58 Å². The molecule has 0 unspecified atom stereocenters. The smallest absolute Gasteiger partial charge is 0.331 e. The first-order chi connectivity index (χ1) is 6.54. The molecule has 0 aliphatic carbocycles. The van der Waals surface area contributed by atoms with Crippen LogP contribution < -0.4 is 0 Å². The normalized spacial score (nSPS) is 9.50. The van der Waals surface area contributed by atoms with Crippen molar-refractivity contribution in [3.05, 3.63) is 12.2 Å². The number of carboxylic acid groups (broad SMARTS) is 1. The van der Waals surface area contributed by atoms with Gasteiger partial charge in [-0.05, 0) is 0 Å². The molecule has 0 aromatic heterocycles. The fourth-order valence-corrected chi connectivity index (χ4v) is 0.649. The molecule has 0 fully saturated rings. The van der Waals surface area contributed by atoms with Crippen LogP contribution in [0, 0.1) is 0 Å². The van der Waals surface area contributed by atoms with Crippen LogP contribution in [-0.2, 0) is 19.1 Å². The lowest BCUT2D eigenvalue weighted by atomic mass is 10.2. The molecule has 0 spiro atoms. The van der Waals surface area contributed by atoms with Gasteiger partial charge in [-0.3, -0.25) is 4.79 Å². The highest BCUT2D eigenvalue weighted by molar-refractivity contribution is 5.85. The highest BCUT2D eigenvalue weighted by atomic mass is 16.6. The van der Waals surface area contributed by atoms with Gasteiger partial charge < -0.3 is 14.6 Å². The summed E-state index contributed by atoms with van der Waals surface area (Å²) >= 11 is 0. The zero-order valence-electron chi connectivity index (χ0n) is 8.12. The third-order valence-corrected chi connectivity index (χ3v) is 1.38. The standard InChI is InChI=1S/C9H14O5/c1-7(9(11)12)3-4-13-5-6-14-8(2)10/h1,3-6H2,2H3,(H,11,12). The Morgan fingerprint density at radius 2 is 1.93 bits per heavy atom. The summed E-state index contributed by atoms with van der Waals surface area (Å²) in [6.45, 7) is 5.38. The van der Waals surface area contributed by atoms with Gasteiger partial charge in [-0.15, -0.1) is 0 Å². The third-order valence-electron chi connectivity index (χ3n) is 1.38. The SMILES string of the molecule is C=C(CCOCCOC(C)=O)C(=O)O. The molecule has 0 aromatic rings. The van der Waals surface area contributed by atoms with Crippen LogP contribution in [0.3, 0.4) is 0 Å². The lowest BCUT2D eigenvalue weighted by Crippen LogP contribution is -2.09. The van der Waals surface area contributed by atoms with Gasteiger partial charge in [0.05, 0.1) is 13.2 Å². The van der Waals surface area contributed by atoms with Crippen LogP contribution in [-0.4, -0.2) is 36.9 Å². The summed E-state index contributed by atoms with van der Waals surface area (Å²) in [4.78, 5) is 20.6. The summed E-state index contributed by atoms with van der Waals surface area (Å²) in [5.41, 5.74) is 0.109. The summed E-state index contributed by atoms with van der Waals surface area (Å²) in [5.74, 6) is -1.38. The Kier molecular flexibility index (Phi) is 6.39. The molecular formula is C9H14O5. The first-order valence-corrected chi connectivity index (χ1v) is 4.16. The maximum atomic E-state index is 10.3. The summed E-state index contributed by atoms with van der Waals surface area (Å²) < 4.78 is 9.60. The minimum absolute atomic E-state index is 0.109. The largest absolute Gasteiger partial charge is 0.478 e. The topological polar surface area (TPSA) is 72.8 Å². The van der Waals surface area contributed by atoms with Crippen LogP contribution in [0.15, 0.2) is 12.2 Å². The molecule has 0 radical (unpaired) electrons. The lowest BCUT2D eigenvalue weighted by Gasteiger charge is -2.04. The zero-order valence-corrected chi connectivity index (χ0v) is 8.12. The molecule has 14 heavy (non-hydrogen) atoms. The highest BCUT2D eigenvalue weighted by Crippen LogP contribution is 1.97. The molecule has 80 valence electrons. The van der Waals surface area contributed by atoms with Crippen LogP contribution in [0.25, 0.3) is 0 Å². The molecule has 0 bridgehead atoms. The van der Waals surface area contributed by atoms with Crippen molar-refractivity contribution in [2.75, 3.05) is 19.8 Å². The zero-order chi connectivity index (χ0) is 11.0. The molecule has 0 amide bonds. The monoisotopic (exact) mass is 202 g/mol. The van der Waals surface area contributed by atoms with Crippen LogP contribution >= 0.6 is 0 Å². The van der Waals surface area contributed by atoms with E-state index in [4.69, 9.17) is 9.84 Å². The average Bonchev–Trinajstić information content (AvgIpc) is 2.09. The van der Waals surface area contributed by atoms with E-state index in [1.54, 1.807) is 0 Å². The summed E-state index contributed by atoms with van der Waals surface area (Å²) in [6.07, 6.45) is 0.273. The quantitative estimate of drug-likeness (QED) is 0.371. The summed E-state index contributed by atoms with van der Waals surface area (Å²) in [6, 6.07) is 0. The predicted molar refractivity (Wildman–Crippen MR) is 48.8 cm³/mol. The Balaban J connectivity index is 3.26. The fraction of sp³-hybridized carbons (Fsp3) is 0.556. The Morgan fingerprint density at radius 3 is 2.43 bits per heavy atom. The molecule has 5 heteroatoms. The number of hydrogen-bond donors (Lipinski definition) is 1. The summed E-state index contributed by atoms with van der Waals surface area (Å²) in [5, 5.41) is 8.43. The van der Waals surface area contributed by atoms with Crippen molar-refractivity contribution in [1.82, 2.24) is 0 Å². The number of ether oxygens (including phenoxy) is 2. The number of carbonyl (C=O) groups is 2. The fourth-order valence-electron chi connectivity index (χ4n) is 0.649. The van der Waals surface area contributed by atoms with Crippen LogP contribution in [0.5, 0.6) is 0 Å². The molecule has 5 nitrogen and oxygen atoms in total. The van der Waals surface area contributed by atoms with Gasteiger partial charge in [0, 0.05) is 18.9 Å². The van der Waals surface area contributed by atoms with Gasteiger partial charge in [0.2, 0.25) is 0 Å². The van der Waals surface area contributed by atoms with Gasteiger partial charge in [-0.2, -0.15) is 0 Å². The molecule has 0 saturated carbocycles. The second-order valence-electron chi connectivity index (χ2n) is 2.61. The predicted octanol–water partition coefficient (Wildman–Crippen LogP) is 0.597. The molecule has 0 saturated heterocycles. The Bertz CT molecular complexity index is 221. The van der Waals surface area contributed by atoms with E-state index in [9.17, 15) is 9.59 Å². The van der Waals surface area contributed by atoms with Crippen molar-refractivity contribution in [1.29, 1.82) is 0 Å². The molecule has 0 aliphatic rings. The second kappa shape index (κ2) is 7.08. The third kappa shape index (κ3) is 7.30. The van der Waals surface area contributed by atoms with Gasteiger partial charge >= 0.3 is 11.9 Å². The van der Waals surface area contributed by atoms with E-state index in [2.05, 4.69) is 11.3 Å². The van der Waals surface area contributed by atoms with E-state index in [-0.39, 0.29) is 37.8 Å². The molecule has 0 aliphatic heterocycles. The van der Waals surface area contributed by atoms with Crippen molar-refractivity contribution in [3.63, 3.8) is 0 Å². The molecule has 0 rings (SSSR count). The van der Waals surface area contributed by atoms with E-state index < -0.39 is 5.97 Å². The van der Waals surface area contributed by atoms with Crippen LogP contribution in [0.2, 0.25) is 0 Å². The minimum atomic E-state index is -1.02. The number of esters is 1. The number of carboxylic acids is 1. The first kappa shape index (κ1) is 12.6. The molecule has 0 heterocycles. The van der Waals surface area contributed by atoms with Crippen LogP contribution in [0.1, 0.15) is 13.3 Å². The highest BCUT2D eigenvalue weighted by Gasteiger charge is 2.02. The van der Waals surface area contributed by atoms with E-state index in [1.807, 2.05) is 0 Å². The maximum absolute atomic E-state index is 10.3. The molecule has 0 aromatic carbocycles. The van der Waals surface area contributed by atoms with Crippen molar-refractivity contribution >= 4 is 11.9 Å². The van der Waals surface area contributed by atoms with E-state index in [0.29, 0.717) is 0 Å². The number of aliphatic carboxylic acids is 1. The van der Waals surface area contributed by atoms with Crippen molar-refractivity contribution in [2.24, 2.45) is 0 Å². The Labute approximate surface area is 82.3 Å². The second-order valence-corrected chi connectivity index (χ2v) is 2.61. The number of hydrogen-bond acceptors (Lipinski definition) is 4. The summed E-state index contributed by atoms with van der Waals surface area (Å²) in [7, 11) is 0. The van der Waals surface area contributed by atoms with Gasteiger partial charge in [0.25, 0.3) is 0 Å². The Hall–Kier alpha value is -1.36. The van der Waals surface area contributed by atoms with Gasteiger partial charge in [0.15, 0.2) is 0 Å². The van der Waals surface area contributed by atoms with E-state index in [0.717, 1.165) is 0 Å². The van der Waals surface area contributed by atoms with Gasteiger partial charge in [-0.25, -0.2) is 4.79 Å². The molecule has 0 atom stereocenters. The molecular weight excluding hydrogens is 188 g/mol. The van der Waals surface area contributed by atoms with Crippen molar-refractivity contribution in [2.45, 2.75) is 13.3 Å². The average molecular weight is 202 g/mol. The maximum Gasteiger partial charge on any atom is 0.331 e. The van der Waals surface area contributed by atoms with Crippen LogP contribution in [0.4, 0.5) is 0 Å². The number of carbonyl (C=O) groups excluding carboxylic acids is 1. The Morgan fingerprint density at radius 1 is 1.29 bits per heavy atom. The molecule has 1 N–H and O–H groups in total. The number of rotatable bonds is 7. The van der Waals surface area contributed by atoms with E-state index in [1.165, 1.54) is 6.92 Å².